The second kappa shape index (κ2) is 3.79. The van der Waals surface area contributed by atoms with Crippen molar-refractivity contribution in [3.05, 3.63) is 30.1 Å². The number of rotatable bonds is 2. The Kier molecular flexibility index (Phi) is 2.49. The van der Waals surface area contributed by atoms with Gasteiger partial charge in [-0.15, -0.1) is 0 Å². The van der Waals surface area contributed by atoms with Gasteiger partial charge in [-0.25, -0.2) is 9.37 Å². The van der Waals surface area contributed by atoms with E-state index in [-0.39, 0.29) is 5.82 Å². The first-order valence-electron chi connectivity index (χ1n) is 4.02. The summed E-state index contributed by atoms with van der Waals surface area (Å²) in [5, 5.41) is 7.54. The molecule has 0 aliphatic heterocycles. The number of halogens is 1. The molecule has 2 aromatic rings. The lowest BCUT2D eigenvalue weighted by molar-refractivity contribution is 0.628. The first-order chi connectivity index (χ1) is 6.79. The molecule has 0 spiro atoms. The summed E-state index contributed by atoms with van der Waals surface area (Å²) >= 11 is 1.48. The van der Waals surface area contributed by atoms with E-state index in [9.17, 15) is 4.39 Å². The average molecular weight is 209 g/mol. The minimum atomic E-state index is -0.255. The molecule has 0 bridgehead atoms. The molecule has 2 rings (SSSR count). The van der Waals surface area contributed by atoms with Crippen molar-refractivity contribution in [2.45, 2.75) is 5.16 Å². The van der Waals surface area contributed by atoms with Gasteiger partial charge in [-0.2, -0.15) is 5.10 Å². The molecule has 5 heteroatoms. The van der Waals surface area contributed by atoms with E-state index in [0.29, 0.717) is 5.82 Å². The lowest BCUT2D eigenvalue weighted by Crippen LogP contribution is -1.81. The quantitative estimate of drug-likeness (QED) is 0.772. The molecule has 0 aliphatic rings. The summed E-state index contributed by atoms with van der Waals surface area (Å²) < 4.78 is 12.6. The molecule has 14 heavy (non-hydrogen) atoms. The lowest BCUT2D eigenvalue weighted by Gasteiger charge is -1.93. The highest BCUT2D eigenvalue weighted by molar-refractivity contribution is 7.98. The Labute approximate surface area is 84.8 Å². The summed E-state index contributed by atoms with van der Waals surface area (Å²) in [5.41, 5.74) is 0.808. The number of benzene rings is 1. The Morgan fingerprint density at radius 3 is 2.57 bits per heavy atom. The molecular weight excluding hydrogens is 201 g/mol. The number of thioether (sulfide) groups is 1. The van der Waals surface area contributed by atoms with Gasteiger partial charge in [0.15, 0.2) is 11.0 Å². The van der Waals surface area contributed by atoms with Gasteiger partial charge in [0.2, 0.25) is 0 Å². The van der Waals surface area contributed by atoms with Crippen molar-refractivity contribution in [3.8, 4) is 11.4 Å². The monoisotopic (exact) mass is 209 g/mol. The molecule has 1 aromatic carbocycles. The van der Waals surface area contributed by atoms with Crippen LogP contribution in [0.15, 0.2) is 29.4 Å². The average Bonchev–Trinajstić information content (AvgIpc) is 2.67. The van der Waals surface area contributed by atoms with Gasteiger partial charge in [0.05, 0.1) is 0 Å². The van der Waals surface area contributed by atoms with Crippen LogP contribution in [-0.4, -0.2) is 21.4 Å². The van der Waals surface area contributed by atoms with Crippen LogP contribution < -0.4 is 0 Å². The van der Waals surface area contributed by atoms with Crippen LogP contribution in [0.5, 0.6) is 0 Å². The van der Waals surface area contributed by atoms with Crippen LogP contribution in [0.3, 0.4) is 0 Å². The van der Waals surface area contributed by atoms with E-state index < -0.39 is 0 Å². The third-order valence-corrected chi connectivity index (χ3v) is 2.33. The van der Waals surface area contributed by atoms with Gasteiger partial charge < -0.3 is 0 Å². The second-order valence-electron chi connectivity index (χ2n) is 2.68. The summed E-state index contributed by atoms with van der Waals surface area (Å²) in [6.45, 7) is 0. The lowest BCUT2D eigenvalue weighted by atomic mass is 10.2. The third-order valence-electron chi connectivity index (χ3n) is 1.76. The molecule has 0 amide bonds. The van der Waals surface area contributed by atoms with E-state index in [1.54, 1.807) is 12.1 Å². The Balaban J connectivity index is 2.34. The van der Waals surface area contributed by atoms with Gasteiger partial charge >= 0.3 is 0 Å². The van der Waals surface area contributed by atoms with Crippen LogP contribution in [0, 0.1) is 5.82 Å². The molecule has 0 atom stereocenters. The fourth-order valence-electron chi connectivity index (χ4n) is 1.07. The summed E-state index contributed by atoms with van der Waals surface area (Å²) in [6, 6.07) is 6.10. The molecule has 0 saturated carbocycles. The van der Waals surface area contributed by atoms with Crippen LogP contribution in [0.25, 0.3) is 11.4 Å². The number of H-pyrrole nitrogens is 1. The highest BCUT2D eigenvalue weighted by atomic mass is 32.2. The van der Waals surface area contributed by atoms with Crippen molar-refractivity contribution < 1.29 is 4.39 Å². The number of hydrogen-bond donors (Lipinski definition) is 1. The SMILES string of the molecule is CSc1nc(-c2ccc(F)cc2)n[nH]1. The summed E-state index contributed by atoms with van der Waals surface area (Å²) in [6.07, 6.45) is 1.91. The molecule has 0 unspecified atom stereocenters. The van der Waals surface area contributed by atoms with E-state index in [1.807, 2.05) is 6.26 Å². The van der Waals surface area contributed by atoms with Crippen molar-refractivity contribution in [2.75, 3.05) is 6.26 Å². The highest BCUT2D eigenvalue weighted by Gasteiger charge is 2.04. The van der Waals surface area contributed by atoms with E-state index in [4.69, 9.17) is 0 Å². The smallest absolute Gasteiger partial charge is 0.183 e. The van der Waals surface area contributed by atoms with Crippen molar-refractivity contribution in [1.82, 2.24) is 15.2 Å². The van der Waals surface area contributed by atoms with Crippen LogP contribution in [0.2, 0.25) is 0 Å². The number of hydrogen-bond acceptors (Lipinski definition) is 3. The molecule has 0 fully saturated rings. The Morgan fingerprint density at radius 1 is 1.29 bits per heavy atom. The van der Waals surface area contributed by atoms with Crippen molar-refractivity contribution in [3.63, 3.8) is 0 Å². The van der Waals surface area contributed by atoms with E-state index in [1.165, 1.54) is 23.9 Å². The molecule has 1 heterocycles. The normalized spacial score (nSPS) is 10.4. The van der Waals surface area contributed by atoms with E-state index >= 15 is 0 Å². The summed E-state index contributed by atoms with van der Waals surface area (Å²) in [4.78, 5) is 4.20. The summed E-state index contributed by atoms with van der Waals surface area (Å²) in [7, 11) is 0. The Hall–Kier alpha value is -1.36. The third kappa shape index (κ3) is 1.77. The highest BCUT2D eigenvalue weighted by Crippen LogP contribution is 2.17. The van der Waals surface area contributed by atoms with Crippen LogP contribution in [0.4, 0.5) is 4.39 Å². The van der Waals surface area contributed by atoms with Gasteiger partial charge in [-0.05, 0) is 30.5 Å². The molecule has 0 saturated heterocycles. The molecule has 1 aromatic heterocycles. The van der Waals surface area contributed by atoms with Gasteiger partial charge in [-0.1, -0.05) is 11.8 Å². The second-order valence-corrected chi connectivity index (χ2v) is 3.47. The molecule has 1 N–H and O–H groups in total. The Bertz CT molecular complexity index is 424. The minimum absolute atomic E-state index is 0.255. The van der Waals surface area contributed by atoms with E-state index in [0.717, 1.165) is 10.7 Å². The fraction of sp³-hybridized carbons (Fsp3) is 0.111. The van der Waals surface area contributed by atoms with E-state index in [2.05, 4.69) is 15.2 Å². The largest absolute Gasteiger partial charge is 0.254 e. The first kappa shape index (κ1) is 9.21. The maximum absolute atomic E-state index is 12.6. The molecular formula is C9H8FN3S. The predicted octanol–water partition coefficient (Wildman–Crippen LogP) is 2.33. The van der Waals surface area contributed by atoms with Gasteiger partial charge in [-0.3, -0.25) is 5.10 Å². The molecule has 72 valence electrons. The van der Waals surface area contributed by atoms with Crippen LogP contribution in [0.1, 0.15) is 0 Å². The number of nitrogens with one attached hydrogen (secondary N) is 1. The van der Waals surface area contributed by atoms with Gasteiger partial charge in [0, 0.05) is 5.56 Å². The van der Waals surface area contributed by atoms with Gasteiger partial charge in [0.25, 0.3) is 0 Å². The number of aromatic amines is 1. The summed E-state index contributed by atoms with van der Waals surface area (Å²) in [5.74, 6) is 0.337. The number of nitrogens with zero attached hydrogens (tertiary/aromatic N) is 2. The van der Waals surface area contributed by atoms with Crippen molar-refractivity contribution in [1.29, 1.82) is 0 Å². The van der Waals surface area contributed by atoms with Crippen molar-refractivity contribution >= 4 is 11.8 Å². The van der Waals surface area contributed by atoms with Gasteiger partial charge in [0.1, 0.15) is 5.82 Å². The Morgan fingerprint density at radius 2 is 2.00 bits per heavy atom. The zero-order chi connectivity index (χ0) is 9.97. The standard InChI is InChI=1S/C9H8FN3S/c1-14-9-11-8(12-13-9)6-2-4-7(10)5-3-6/h2-5H,1H3,(H,11,12,13). The molecule has 0 aliphatic carbocycles. The van der Waals surface area contributed by atoms with Crippen molar-refractivity contribution in [2.24, 2.45) is 0 Å². The molecule has 0 radical (unpaired) electrons. The first-order valence-corrected chi connectivity index (χ1v) is 5.24. The molecule has 3 nitrogen and oxygen atoms in total. The zero-order valence-corrected chi connectivity index (χ0v) is 8.31. The maximum atomic E-state index is 12.6. The maximum Gasteiger partial charge on any atom is 0.183 e. The predicted molar refractivity (Wildman–Crippen MR) is 53.6 cm³/mol. The number of aromatic nitrogens is 3. The minimum Gasteiger partial charge on any atom is -0.254 e. The van der Waals surface area contributed by atoms with Crippen LogP contribution >= 0.6 is 11.8 Å². The zero-order valence-electron chi connectivity index (χ0n) is 7.49. The fourth-order valence-corrected chi connectivity index (χ4v) is 1.38. The van der Waals surface area contributed by atoms with Crippen LogP contribution in [-0.2, 0) is 0 Å². The topological polar surface area (TPSA) is 41.6 Å².